The molecule has 0 atom stereocenters. The highest BCUT2D eigenvalue weighted by Gasteiger charge is 2.04. The first-order valence-electron chi connectivity index (χ1n) is 3.83. The van der Waals surface area contributed by atoms with E-state index in [9.17, 15) is 10.0 Å². The Balaban J connectivity index is 3.70. The molecule has 82 valence electrons. The smallest absolute Gasteiger partial charge is 0.305 e. The molecule has 0 unspecified atom stereocenters. The van der Waals surface area contributed by atoms with Crippen LogP contribution in [0, 0.1) is 5.21 Å². The zero-order chi connectivity index (χ0) is 11.0. The number of nitrogens with zero attached hydrogens (tertiary/aromatic N) is 3. The van der Waals surface area contributed by atoms with Crippen LogP contribution in [0.1, 0.15) is 6.92 Å². The molecular weight excluding hydrogens is 194 g/mol. The Morgan fingerprint density at radius 3 is 2.86 bits per heavy atom. The van der Waals surface area contributed by atoms with Gasteiger partial charge in [-0.15, -0.1) is 5.01 Å². The maximum atomic E-state index is 10.9. The molecule has 0 heterocycles. The minimum atomic E-state index is -0.527. The molecule has 8 nitrogen and oxygen atoms in total. The van der Waals surface area contributed by atoms with E-state index >= 15 is 0 Å². The highest BCUT2D eigenvalue weighted by atomic mass is 16.8. The third-order valence-electron chi connectivity index (χ3n) is 1.16. The number of hydrazine groups is 1. The van der Waals surface area contributed by atoms with Gasteiger partial charge in [0.1, 0.15) is 0 Å². The molecule has 0 amide bonds. The minimum Gasteiger partial charge on any atom is -0.569 e. The van der Waals surface area contributed by atoms with Crippen LogP contribution in [0.4, 0.5) is 0 Å². The second-order valence-electron chi connectivity index (χ2n) is 2.32. The third kappa shape index (κ3) is 6.00. The van der Waals surface area contributed by atoms with E-state index < -0.39 is 12.8 Å². The molecular formula is C6H13N3O5. The molecule has 0 rings (SSSR count). The lowest BCUT2D eigenvalue weighted by Gasteiger charge is -2.10. The molecule has 0 radical (unpaired) electrons. The largest absolute Gasteiger partial charge is 0.569 e. The fraction of sp³-hybridized carbons (Fsp3) is 0.833. The number of aliphatic hydroxyl groups is 1. The van der Waals surface area contributed by atoms with Crippen molar-refractivity contribution in [2.24, 2.45) is 5.28 Å². The monoisotopic (exact) mass is 207 g/mol. The molecule has 14 heavy (non-hydrogen) atoms. The molecule has 0 bridgehead atoms. The molecule has 0 aromatic heterocycles. The van der Waals surface area contributed by atoms with E-state index in [1.165, 1.54) is 14.0 Å². The van der Waals surface area contributed by atoms with E-state index in [1.54, 1.807) is 0 Å². The van der Waals surface area contributed by atoms with E-state index in [4.69, 9.17) is 5.11 Å². The molecule has 0 aromatic carbocycles. The van der Waals surface area contributed by atoms with Crippen molar-refractivity contribution in [1.82, 2.24) is 5.01 Å². The SMILES string of the molecule is CC(=O)OCO/N=[N+](/[O-])N(C)CCO. The van der Waals surface area contributed by atoms with Crippen LogP contribution in [0.2, 0.25) is 0 Å². The fourth-order valence-corrected chi connectivity index (χ4v) is 0.475. The van der Waals surface area contributed by atoms with Crippen molar-refractivity contribution < 1.29 is 24.4 Å². The average molecular weight is 207 g/mol. The van der Waals surface area contributed by atoms with Crippen molar-refractivity contribution in [2.75, 3.05) is 27.0 Å². The van der Waals surface area contributed by atoms with Gasteiger partial charge in [0.05, 0.1) is 25.2 Å². The van der Waals surface area contributed by atoms with Crippen LogP contribution in [0.3, 0.4) is 0 Å². The number of hydrogen-bond donors (Lipinski definition) is 1. The number of aliphatic hydroxyl groups excluding tert-OH is 1. The maximum absolute atomic E-state index is 10.9. The highest BCUT2D eigenvalue weighted by Crippen LogP contribution is 1.87. The van der Waals surface area contributed by atoms with Crippen LogP contribution < -0.4 is 0 Å². The van der Waals surface area contributed by atoms with Crippen molar-refractivity contribution in [3.05, 3.63) is 5.21 Å². The average Bonchev–Trinajstić information content (AvgIpc) is 2.12. The van der Waals surface area contributed by atoms with E-state index in [1.807, 2.05) is 0 Å². The summed E-state index contributed by atoms with van der Waals surface area (Å²) in [4.78, 5) is 14.7. The van der Waals surface area contributed by atoms with Crippen LogP contribution in [0.5, 0.6) is 0 Å². The molecule has 0 aliphatic carbocycles. The van der Waals surface area contributed by atoms with Gasteiger partial charge in [0, 0.05) is 6.92 Å². The molecule has 0 saturated heterocycles. The van der Waals surface area contributed by atoms with Gasteiger partial charge >= 0.3 is 5.97 Å². The Kier molecular flexibility index (Phi) is 6.12. The summed E-state index contributed by atoms with van der Waals surface area (Å²) in [7, 11) is 1.42. The topological polar surface area (TPSA) is 97.4 Å². The first kappa shape index (κ1) is 12.4. The van der Waals surface area contributed by atoms with Crippen LogP contribution in [0.25, 0.3) is 0 Å². The van der Waals surface area contributed by atoms with Gasteiger partial charge in [0.25, 0.3) is 6.79 Å². The third-order valence-corrected chi connectivity index (χ3v) is 1.16. The van der Waals surface area contributed by atoms with Crippen LogP contribution in [-0.2, 0) is 14.4 Å². The van der Waals surface area contributed by atoms with Gasteiger partial charge in [0.2, 0.25) is 5.28 Å². The van der Waals surface area contributed by atoms with Crippen LogP contribution in [-0.4, -0.2) is 48.0 Å². The quantitative estimate of drug-likeness (QED) is 0.153. The van der Waals surface area contributed by atoms with Gasteiger partial charge in [0.15, 0.2) is 0 Å². The van der Waals surface area contributed by atoms with Crippen molar-refractivity contribution in [1.29, 1.82) is 0 Å². The second kappa shape index (κ2) is 6.89. The zero-order valence-electron chi connectivity index (χ0n) is 8.04. The van der Waals surface area contributed by atoms with Gasteiger partial charge in [-0.2, -0.15) is 0 Å². The first-order valence-corrected chi connectivity index (χ1v) is 3.83. The molecule has 0 aromatic rings. The summed E-state index contributed by atoms with van der Waals surface area (Å²) < 4.78 is 4.34. The summed E-state index contributed by atoms with van der Waals surface area (Å²) in [5.41, 5.74) is 0. The number of carbonyl (C=O) groups is 1. The summed E-state index contributed by atoms with van der Waals surface area (Å²) in [6, 6.07) is 0. The summed E-state index contributed by atoms with van der Waals surface area (Å²) >= 11 is 0. The van der Waals surface area contributed by atoms with E-state index in [2.05, 4.69) is 14.9 Å². The van der Waals surface area contributed by atoms with E-state index in [-0.39, 0.29) is 18.1 Å². The number of ether oxygens (including phenoxy) is 1. The number of carbonyl (C=O) groups excluding carboxylic acids is 1. The first-order chi connectivity index (χ1) is 6.57. The predicted molar refractivity (Wildman–Crippen MR) is 43.5 cm³/mol. The summed E-state index contributed by atoms with van der Waals surface area (Å²) in [5.74, 6) is -0.527. The summed E-state index contributed by atoms with van der Waals surface area (Å²) in [6.07, 6.45) is 0. The molecule has 0 spiro atoms. The fourth-order valence-electron chi connectivity index (χ4n) is 0.475. The van der Waals surface area contributed by atoms with Crippen molar-refractivity contribution in [2.45, 2.75) is 6.92 Å². The molecule has 0 aliphatic rings. The highest BCUT2D eigenvalue weighted by molar-refractivity contribution is 5.65. The molecule has 8 heteroatoms. The number of rotatable bonds is 6. The Labute approximate surface area is 80.8 Å². The molecule has 0 fully saturated rings. The van der Waals surface area contributed by atoms with Crippen LogP contribution in [0.15, 0.2) is 5.28 Å². The predicted octanol–water partition coefficient (Wildman–Crippen LogP) is -0.760. The Bertz CT molecular complexity index is 208. The normalized spacial score (nSPS) is 10.9. The Hall–Kier alpha value is -1.57. The summed E-state index contributed by atoms with van der Waals surface area (Å²) in [5, 5.41) is 23.5. The van der Waals surface area contributed by atoms with Gasteiger partial charge in [-0.1, -0.05) is 0 Å². The minimum absolute atomic E-state index is 0.129. The number of likely N-dealkylation sites (N-methyl/N-ethyl adjacent to an activating group) is 1. The van der Waals surface area contributed by atoms with Gasteiger partial charge < -0.3 is 19.9 Å². The zero-order valence-corrected chi connectivity index (χ0v) is 8.04. The number of esters is 1. The lowest BCUT2D eigenvalue weighted by molar-refractivity contribution is -0.706. The molecule has 0 saturated carbocycles. The number of hydrogen-bond acceptors (Lipinski definition) is 6. The Morgan fingerprint density at radius 2 is 2.36 bits per heavy atom. The van der Waals surface area contributed by atoms with Crippen molar-refractivity contribution in [3.8, 4) is 0 Å². The van der Waals surface area contributed by atoms with Gasteiger partial charge in [-0.25, -0.2) is 0 Å². The van der Waals surface area contributed by atoms with Gasteiger partial charge in [-0.3, -0.25) is 4.79 Å². The second-order valence-corrected chi connectivity index (χ2v) is 2.32. The molecule has 1 N–H and O–H groups in total. The van der Waals surface area contributed by atoms with Crippen LogP contribution >= 0.6 is 0 Å². The van der Waals surface area contributed by atoms with Crippen molar-refractivity contribution in [3.63, 3.8) is 0 Å². The Morgan fingerprint density at radius 1 is 1.71 bits per heavy atom. The lowest BCUT2D eigenvalue weighted by atomic mass is 10.7. The summed E-state index contributed by atoms with van der Waals surface area (Å²) in [6.45, 7) is 0.746. The molecule has 0 aliphatic heterocycles. The lowest BCUT2D eigenvalue weighted by Crippen LogP contribution is -2.29. The van der Waals surface area contributed by atoms with Gasteiger partial charge in [-0.05, 0) is 0 Å². The van der Waals surface area contributed by atoms with Crippen molar-refractivity contribution >= 4 is 5.97 Å². The van der Waals surface area contributed by atoms with E-state index in [0.717, 1.165) is 5.01 Å². The maximum Gasteiger partial charge on any atom is 0.305 e. The standard InChI is InChI=1S/C6H13N3O5/c1-6(11)13-5-14-7-9(12)8(2)3-4-10/h10H,3-5H2,1-2H3/b9-7+. The van der Waals surface area contributed by atoms with E-state index in [0.29, 0.717) is 0 Å².